The summed E-state index contributed by atoms with van der Waals surface area (Å²) in [4.78, 5) is 24.3. The molecule has 0 saturated heterocycles. The second-order valence-corrected chi connectivity index (χ2v) is 4.51. The lowest BCUT2D eigenvalue weighted by Gasteiger charge is -2.16. The fourth-order valence-corrected chi connectivity index (χ4v) is 1.66. The van der Waals surface area contributed by atoms with Crippen LogP contribution in [0.2, 0.25) is 0 Å². The first kappa shape index (κ1) is 17.5. The molecule has 0 atom stereocenters. The van der Waals surface area contributed by atoms with Crippen LogP contribution < -0.4 is 0 Å². The van der Waals surface area contributed by atoms with E-state index >= 15 is 0 Å². The monoisotopic (exact) mass is 271 g/mol. The fourth-order valence-electron chi connectivity index (χ4n) is 1.66. The minimum atomic E-state index is -0.158. The molecule has 110 valence electrons. The quantitative estimate of drug-likeness (QED) is 0.303. The molecule has 1 amide bonds. The highest BCUT2D eigenvalue weighted by Gasteiger charge is 2.10. The summed E-state index contributed by atoms with van der Waals surface area (Å²) >= 11 is 0. The zero-order chi connectivity index (χ0) is 14.7. The summed E-state index contributed by atoms with van der Waals surface area (Å²) in [5.41, 5.74) is 0.338. The van der Waals surface area contributed by atoms with E-state index in [2.05, 4.69) is 0 Å². The average molecular weight is 271 g/mol. The number of hydrogen-bond donors (Lipinski definition) is 1. The van der Waals surface area contributed by atoms with Crippen LogP contribution >= 0.6 is 0 Å². The summed E-state index contributed by atoms with van der Waals surface area (Å²) in [6.45, 7) is 4.47. The summed E-state index contributed by atoms with van der Waals surface area (Å²) in [7, 11) is 1.72. The Labute approximate surface area is 115 Å². The lowest BCUT2D eigenvalue weighted by Crippen LogP contribution is -2.28. The highest BCUT2D eigenvalue weighted by Crippen LogP contribution is 2.06. The van der Waals surface area contributed by atoms with Gasteiger partial charge in [0.05, 0.1) is 12.9 Å². The van der Waals surface area contributed by atoms with Gasteiger partial charge in [-0.15, -0.1) is 0 Å². The average Bonchev–Trinajstić information content (AvgIpc) is 2.40. The normalized spacial score (nSPS) is 11.2. The largest absolute Gasteiger partial charge is 0.515 e. The molecule has 0 aromatic rings. The van der Waals surface area contributed by atoms with Gasteiger partial charge in [0.2, 0.25) is 0 Å². The van der Waals surface area contributed by atoms with Crippen LogP contribution in [0.1, 0.15) is 46.0 Å². The van der Waals surface area contributed by atoms with Crippen LogP contribution in [-0.4, -0.2) is 42.1 Å². The molecular formula is C14H25NO4. The first-order valence-corrected chi connectivity index (χ1v) is 6.75. The number of carbonyl (C=O) groups excluding carboxylic acids is 2. The molecule has 5 heteroatoms. The number of rotatable bonds is 9. The van der Waals surface area contributed by atoms with Crippen LogP contribution in [0, 0.1) is 0 Å². The van der Waals surface area contributed by atoms with Crippen molar-refractivity contribution in [1.29, 1.82) is 0 Å². The number of hydrogen-bond acceptors (Lipinski definition) is 4. The van der Waals surface area contributed by atoms with Crippen LogP contribution in [0.3, 0.4) is 0 Å². The summed E-state index contributed by atoms with van der Waals surface area (Å²) in [5, 5.41) is 8.74. The lowest BCUT2D eigenvalue weighted by molar-refractivity contribution is -0.143. The number of unbranched alkanes of at least 4 members (excludes halogenated alkanes) is 3. The molecule has 19 heavy (non-hydrogen) atoms. The molecule has 0 aliphatic carbocycles. The third-order valence-electron chi connectivity index (χ3n) is 2.81. The fraction of sp³-hybridized carbons (Fsp3) is 0.714. The maximum atomic E-state index is 11.6. The van der Waals surface area contributed by atoms with Crippen molar-refractivity contribution in [3.8, 4) is 0 Å². The van der Waals surface area contributed by atoms with Crippen molar-refractivity contribution in [1.82, 2.24) is 4.90 Å². The maximum Gasteiger partial charge on any atom is 0.305 e. The van der Waals surface area contributed by atoms with Gasteiger partial charge in [-0.2, -0.15) is 0 Å². The van der Waals surface area contributed by atoms with Gasteiger partial charge in [0.25, 0.3) is 5.91 Å². The first-order chi connectivity index (χ1) is 9.02. The second kappa shape index (κ2) is 10.4. The molecule has 0 saturated carbocycles. The molecule has 0 aliphatic rings. The predicted molar refractivity (Wildman–Crippen MR) is 73.7 cm³/mol. The van der Waals surface area contributed by atoms with E-state index in [0.29, 0.717) is 25.1 Å². The Morgan fingerprint density at radius 1 is 1.21 bits per heavy atom. The Morgan fingerprint density at radius 2 is 1.84 bits per heavy atom. The van der Waals surface area contributed by atoms with E-state index in [0.717, 1.165) is 31.9 Å². The van der Waals surface area contributed by atoms with Gasteiger partial charge in [0, 0.05) is 25.6 Å². The summed E-state index contributed by atoms with van der Waals surface area (Å²) in [5.74, 6) is -0.299. The molecule has 0 aliphatic heterocycles. The molecule has 0 rings (SSSR count). The third kappa shape index (κ3) is 8.24. The Balaban J connectivity index is 3.59. The minimum absolute atomic E-state index is 0.140. The van der Waals surface area contributed by atoms with Crippen molar-refractivity contribution < 1.29 is 19.4 Å². The molecule has 0 radical (unpaired) electrons. The second-order valence-electron chi connectivity index (χ2n) is 4.51. The van der Waals surface area contributed by atoms with Crippen molar-refractivity contribution in [2.45, 2.75) is 46.0 Å². The molecule has 0 spiro atoms. The van der Waals surface area contributed by atoms with Gasteiger partial charge in [0.1, 0.15) is 0 Å². The number of ether oxygens (including phenoxy) is 1. The smallest absolute Gasteiger partial charge is 0.305 e. The van der Waals surface area contributed by atoms with Crippen molar-refractivity contribution in [2.24, 2.45) is 0 Å². The van der Waals surface area contributed by atoms with Gasteiger partial charge in [-0.3, -0.25) is 9.59 Å². The van der Waals surface area contributed by atoms with Crippen LogP contribution in [-0.2, 0) is 14.3 Å². The molecule has 0 aromatic carbocycles. The zero-order valence-corrected chi connectivity index (χ0v) is 12.1. The molecule has 1 N–H and O–H groups in total. The van der Waals surface area contributed by atoms with Gasteiger partial charge < -0.3 is 14.7 Å². The molecule has 0 fully saturated rings. The number of esters is 1. The molecule has 0 bridgehead atoms. The van der Waals surface area contributed by atoms with Crippen molar-refractivity contribution >= 4 is 11.9 Å². The predicted octanol–water partition coefficient (Wildman–Crippen LogP) is 2.42. The number of nitrogens with zero attached hydrogens (tertiary/aromatic N) is 1. The summed E-state index contributed by atoms with van der Waals surface area (Å²) in [6.07, 6.45) is 4.94. The minimum Gasteiger partial charge on any atom is -0.515 e. The zero-order valence-electron chi connectivity index (χ0n) is 12.1. The Morgan fingerprint density at radius 3 is 2.42 bits per heavy atom. The Kier molecular flexibility index (Phi) is 9.57. The summed E-state index contributed by atoms with van der Waals surface area (Å²) < 4.78 is 4.84. The molecular weight excluding hydrogens is 246 g/mol. The van der Waals surface area contributed by atoms with Gasteiger partial charge in [-0.25, -0.2) is 0 Å². The van der Waals surface area contributed by atoms with E-state index in [1.54, 1.807) is 25.8 Å². The first-order valence-electron chi connectivity index (χ1n) is 6.75. The molecule has 0 aromatic heterocycles. The van der Waals surface area contributed by atoms with E-state index < -0.39 is 0 Å². The number of amides is 1. The molecule has 0 heterocycles. The highest BCUT2D eigenvalue weighted by atomic mass is 16.5. The van der Waals surface area contributed by atoms with Gasteiger partial charge in [-0.1, -0.05) is 12.8 Å². The SMILES string of the molecule is CCOC(=O)CCCCCCN(C)C(=O)/C(C)=C/O. The van der Waals surface area contributed by atoms with Crippen molar-refractivity contribution in [3.05, 3.63) is 11.8 Å². The van der Waals surface area contributed by atoms with Crippen molar-refractivity contribution in [2.75, 3.05) is 20.2 Å². The van der Waals surface area contributed by atoms with Crippen LogP contribution in [0.5, 0.6) is 0 Å². The molecule has 0 unspecified atom stereocenters. The number of likely N-dealkylation sites (N-methyl/N-ethyl adjacent to an activating group) is 1. The lowest BCUT2D eigenvalue weighted by atomic mass is 10.1. The number of carbonyl (C=O) groups is 2. The van der Waals surface area contributed by atoms with Crippen molar-refractivity contribution in [3.63, 3.8) is 0 Å². The van der Waals surface area contributed by atoms with Crippen LogP contribution in [0.4, 0.5) is 0 Å². The molecule has 5 nitrogen and oxygen atoms in total. The Hall–Kier alpha value is -1.52. The maximum absolute atomic E-state index is 11.6. The van der Waals surface area contributed by atoms with E-state index in [-0.39, 0.29) is 11.9 Å². The van der Waals surface area contributed by atoms with Gasteiger partial charge in [0.15, 0.2) is 0 Å². The van der Waals surface area contributed by atoms with Gasteiger partial charge in [-0.05, 0) is 26.7 Å². The van der Waals surface area contributed by atoms with E-state index in [4.69, 9.17) is 9.84 Å². The van der Waals surface area contributed by atoms with Gasteiger partial charge >= 0.3 is 5.97 Å². The number of aliphatic hydroxyl groups excluding tert-OH is 1. The standard InChI is InChI=1S/C14H25NO4/c1-4-19-13(17)9-7-5-6-8-10-15(3)14(18)12(2)11-16/h11,16H,4-10H2,1-3H3/b12-11+. The summed E-state index contributed by atoms with van der Waals surface area (Å²) in [6, 6.07) is 0. The topological polar surface area (TPSA) is 66.8 Å². The van der Waals surface area contributed by atoms with E-state index in [1.165, 1.54) is 0 Å². The Bertz CT molecular complexity index is 313. The highest BCUT2D eigenvalue weighted by molar-refractivity contribution is 5.92. The number of aliphatic hydroxyl groups is 1. The van der Waals surface area contributed by atoms with E-state index in [1.807, 2.05) is 0 Å². The van der Waals surface area contributed by atoms with Crippen LogP contribution in [0.25, 0.3) is 0 Å². The van der Waals surface area contributed by atoms with Crippen LogP contribution in [0.15, 0.2) is 11.8 Å². The third-order valence-corrected chi connectivity index (χ3v) is 2.81. The van der Waals surface area contributed by atoms with E-state index in [9.17, 15) is 9.59 Å².